The summed E-state index contributed by atoms with van der Waals surface area (Å²) in [7, 11) is 0. The zero-order valence-corrected chi connectivity index (χ0v) is 19.4. The second-order valence-corrected chi connectivity index (χ2v) is 9.32. The van der Waals surface area contributed by atoms with E-state index in [9.17, 15) is 14.0 Å². The number of piperidine rings is 1. The van der Waals surface area contributed by atoms with Crippen LogP contribution in [0.3, 0.4) is 0 Å². The van der Waals surface area contributed by atoms with Crippen molar-refractivity contribution in [2.45, 2.75) is 31.7 Å². The van der Waals surface area contributed by atoms with Crippen molar-refractivity contribution in [1.82, 2.24) is 10.2 Å². The molecule has 2 aromatic carbocycles. The number of nitrogens with one attached hydrogen (secondary N) is 2. The maximum Gasteiger partial charge on any atom is 0.251 e. The summed E-state index contributed by atoms with van der Waals surface area (Å²) in [6.45, 7) is 5.71. The number of carbonyl (C=O) groups is 2. The van der Waals surface area contributed by atoms with Gasteiger partial charge in [0.15, 0.2) is 0 Å². The Morgan fingerprint density at radius 3 is 2.68 bits per heavy atom. The second kappa shape index (κ2) is 10.0. The Bertz CT molecular complexity index is 1050. The number of fused-ring (bicyclic) bond motifs is 3. The highest BCUT2D eigenvalue weighted by atomic mass is 19.1. The second-order valence-electron chi connectivity index (χ2n) is 9.32. The molecule has 0 bridgehead atoms. The molecular weight excluding hydrogens is 433 g/mol. The number of halogens is 1. The molecule has 2 fully saturated rings. The molecule has 5 rings (SSSR count). The van der Waals surface area contributed by atoms with Crippen molar-refractivity contribution >= 4 is 28.9 Å². The van der Waals surface area contributed by atoms with Crippen LogP contribution in [0.15, 0.2) is 42.5 Å². The molecule has 3 aliphatic rings. The molecule has 0 unspecified atom stereocenters. The largest absolute Gasteiger partial charge is 0.367 e. The van der Waals surface area contributed by atoms with Crippen molar-refractivity contribution in [3.8, 4) is 0 Å². The quantitative estimate of drug-likeness (QED) is 0.642. The minimum atomic E-state index is -0.170. The highest BCUT2D eigenvalue weighted by Gasteiger charge is 2.34. The van der Waals surface area contributed by atoms with Crippen LogP contribution >= 0.6 is 0 Å². The fourth-order valence-corrected chi connectivity index (χ4v) is 5.26. The van der Waals surface area contributed by atoms with Gasteiger partial charge in [-0.1, -0.05) is 12.1 Å². The number of hydrogen-bond donors (Lipinski definition) is 2. The third-order valence-corrected chi connectivity index (χ3v) is 7.13. The van der Waals surface area contributed by atoms with Crippen LogP contribution in [0, 0.1) is 5.82 Å². The maximum atomic E-state index is 14.0. The fourth-order valence-electron chi connectivity index (χ4n) is 5.26. The highest BCUT2D eigenvalue weighted by molar-refractivity contribution is 6.05. The molecule has 7 nitrogen and oxygen atoms in total. The van der Waals surface area contributed by atoms with Gasteiger partial charge in [-0.3, -0.25) is 14.5 Å². The number of benzene rings is 2. The van der Waals surface area contributed by atoms with Gasteiger partial charge in [0.25, 0.3) is 5.91 Å². The molecule has 0 spiro atoms. The molecule has 2 N–H and O–H groups in total. The Kier molecular flexibility index (Phi) is 6.67. The first-order chi connectivity index (χ1) is 16.6. The Balaban J connectivity index is 1.08. The van der Waals surface area contributed by atoms with E-state index in [2.05, 4.69) is 25.3 Å². The first kappa shape index (κ1) is 22.7. The van der Waals surface area contributed by atoms with E-state index >= 15 is 0 Å². The van der Waals surface area contributed by atoms with Crippen molar-refractivity contribution < 1.29 is 14.0 Å². The van der Waals surface area contributed by atoms with Crippen LogP contribution in [0.1, 0.15) is 36.0 Å². The number of hydrogen-bond acceptors (Lipinski definition) is 5. The molecule has 2 amide bonds. The molecule has 1 atom stereocenters. The zero-order chi connectivity index (χ0) is 23.5. The van der Waals surface area contributed by atoms with Gasteiger partial charge in [-0.05, 0) is 62.6 Å². The third-order valence-electron chi connectivity index (χ3n) is 7.13. The molecule has 8 heteroatoms. The molecule has 0 saturated carbocycles. The smallest absolute Gasteiger partial charge is 0.251 e. The van der Waals surface area contributed by atoms with E-state index in [1.165, 1.54) is 6.07 Å². The normalized spacial score (nSPS) is 20.4. The van der Waals surface area contributed by atoms with Crippen LogP contribution in [0.4, 0.5) is 21.5 Å². The van der Waals surface area contributed by atoms with Crippen LogP contribution in [-0.2, 0) is 4.79 Å². The number of piperazine rings is 1. The number of para-hydroxylation sites is 1. The molecule has 2 aromatic rings. The Labute approximate surface area is 199 Å². The Hall–Kier alpha value is -3.13. The number of anilines is 3. The van der Waals surface area contributed by atoms with E-state index in [4.69, 9.17) is 0 Å². The lowest BCUT2D eigenvalue weighted by Gasteiger charge is -2.41. The lowest BCUT2D eigenvalue weighted by atomic mass is 9.97. The summed E-state index contributed by atoms with van der Waals surface area (Å²) in [4.78, 5) is 31.8. The van der Waals surface area contributed by atoms with Crippen molar-refractivity contribution in [2.24, 2.45) is 0 Å². The van der Waals surface area contributed by atoms with Gasteiger partial charge < -0.3 is 20.4 Å². The summed E-state index contributed by atoms with van der Waals surface area (Å²) in [5.74, 6) is -0.266. The summed E-state index contributed by atoms with van der Waals surface area (Å²) in [5, 5.41) is 5.99. The number of rotatable bonds is 6. The van der Waals surface area contributed by atoms with Crippen LogP contribution in [0.2, 0.25) is 0 Å². The molecule has 2 saturated heterocycles. The van der Waals surface area contributed by atoms with Crippen molar-refractivity contribution in [3.63, 3.8) is 0 Å². The van der Waals surface area contributed by atoms with Gasteiger partial charge in [0.1, 0.15) is 11.9 Å². The highest BCUT2D eigenvalue weighted by Crippen LogP contribution is 2.36. The first-order valence-electron chi connectivity index (χ1n) is 12.3. The number of amides is 2. The van der Waals surface area contributed by atoms with E-state index in [1.54, 1.807) is 12.1 Å². The zero-order valence-electron chi connectivity index (χ0n) is 19.4. The molecule has 180 valence electrons. The van der Waals surface area contributed by atoms with Gasteiger partial charge in [-0.25, -0.2) is 4.39 Å². The van der Waals surface area contributed by atoms with E-state index < -0.39 is 0 Å². The minimum absolute atomic E-state index is 0.0276. The van der Waals surface area contributed by atoms with Gasteiger partial charge in [-0.15, -0.1) is 0 Å². The van der Waals surface area contributed by atoms with Gasteiger partial charge in [0.05, 0.1) is 17.1 Å². The lowest BCUT2D eigenvalue weighted by Crippen LogP contribution is -2.50. The van der Waals surface area contributed by atoms with E-state index in [0.717, 1.165) is 76.3 Å². The Morgan fingerprint density at radius 2 is 1.85 bits per heavy atom. The fraction of sp³-hybridized carbons (Fsp3) is 0.462. The van der Waals surface area contributed by atoms with Crippen molar-refractivity contribution in [1.29, 1.82) is 0 Å². The van der Waals surface area contributed by atoms with E-state index in [1.807, 2.05) is 24.3 Å². The van der Waals surface area contributed by atoms with E-state index in [-0.39, 0.29) is 23.7 Å². The Morgan fingerprint density at radius 1 is 1.03 bits per heavy atom. The monoisotopic (exact) mass is 465 g/mol. The summed E-state index contributed by atoms with van der Waals surface area (Å²) in [5.41, 5.74) is 2.97. The molecule has 34 heavy (non-hydrogen) atoms. The van der Waals surface area contributed by atoms with Crippen LogP contribution < -0.4 is 20.4 Å². The standard InChI is InChI=1S/C26H32FN5O2/c27-20-6-1-2-7-22(20)31-16-14-30(15-17-31)12-5-11-28-25(33)19-9-10-23-21(18-19)29-26(34)24-8-3-4-13-32(23)24/h1-2,6-7,9-10,18,24H,3-5,8,11-17H2,(H,28,33)(H,29,34)/t24-/m1/s1. The van der Waals surface area contributed by atoms with Gasteiger partial charge >= 0.3 is 0 Å². The van der Waals surface area contributed by atoms with Crippen molar-refractivity contribution in [2.75, 3.05) is 60.9 Å². The van der Waals surface area contributed by atoms with Gasteiger partial charge in [0, 0.05) is 44.8 Å². The summed E-state index contributed by atoms with van der Waals surface area (Å²) < 4.78 is 14.0. The average Bonchev–Trinajstić information content (AvgIpc) is 2.87. The summed E-state index contributed by atoms with van der Waals surface area (Å²) in [6.07, 6.45) is 3.89. The third kappa shape index (κ3) is 4.73. The molecule has 0 aromatic heterocycles. The molecular formula is C26H32FN5O2. The van der Waals surface area contributed by atoms with E-state index in [0.29, 0.717) is 17.8 Å². The van der Waals surface area contributed by atoms with Crippen LogP contribution in [0.25, 0.3) is 0 Å². The SMILES string of the molecule is O=C(NCCCN1CCN(c2ccccc2F)CC1)c1ccc2c(c1)NC(=O)[C@H]1CCCCN21. The van der Waals surface area contributed by atoms with Crippen LogP contribution in [-0.4, -0.2) is 68.6 Å². The summed E-state index contributed by atoms with van der Waals surface area (Å²) >= 11 is 0. The molecule has 3 aliphatic heterocycles. The van der Waals surface area contributed by atoms with Crippen LogP contribution in [0.5, 0.6) is 0 Å². The van der Waals surface area contributed by atoms with Gasteiger partial charge in [0.2, 0.25) is 5.91 Å². The molecule has 3 heterocycles. The topological polar surface area (TPSA) is 67.9 Å². The predicted octanol–water partition coefficient (Wildman–Crippen LogP) is 3.08. The first-order valence-corrected chi connectivity index (χ1v) is 12.3. The molecule has 0 aliphatic carbocycles. The number of nitrogens with zero attached hydrogens (tertiary/aromatic N) is 3. The average molecular weight is 466 g/mol. The maximum absolute atomic E-state index is 14.0. The molecule has 0 radical (unpaired) electrons. The minimum Gasteiger partial charge on any atom is -0.367 e. The van der Waals surface area contributed by atoms with Gasteiger partial charge in [-0.2, -0.15) is 0 Å². The summed E-state index contributed by atoms with van der Waals surface area (Å²) in [6, 6.07) is 12.4. The lowest BCUT2D eigenvalue weighted by molar-refractivity contribution is -0.118. The number of carbonyl (C=O) groups excluding carboxylic acids is 2. The predicted molar refractivity (Wildman–Crippen MR) is 132 cm³/mol. The van der Waals surface area contributed by atoms with Crippen molar-refractivity contribution in [3.05, 3.63) is 53.8 Å².